The lowest BCUT2D eigenvalue weighted by Crippen LogP contribution is -2.38. The number of rotatable bonds is 15. The lowest BCUT2D eigenvalue weighted by atomic mass is 9.77. The van der Waals surface area contributed by atoms with Gasteiger partial charge in [0, 0.05) is 19.2 Å². The van der Waals surface area contributed by atoms with Crippen molar-refractivity contribution in [3.8, 4) is 23.3 Å². The lowest BCUT2D eigenvalue weighted by Gasteiger charge is -2.28. The van der Waals surface area contributed by atoms with E-state index in [0.717, 1.165) is 24.1 Å². The zero-order valence-electron chi connectivity index (χ0n) is 23.1. The third-order valence-corrected chi connectivity index (χ3v) is 6.28. The summed E-state index contributed by atoms with van der Waals surface area (Å²) in [7, 11) is 8.45. The molecule has 37 heavy (non-hydrogen) atoms. The number of nitriles is 1. The van der Waals surface area contributed by atoms with E-state index < -0.39 is 11.4 Å². The second kappa shape index (κ2) is 14.5. The molecular weight excluding hydrogens is 472 g/mol. The summed E-state index contributed by atoms with van der Waals surface area (Å²) in [4.78, 5) is 15.5. The van der Waals surface area contributed by atoms with E-state index in [-0.39, 0.29) is 6.10 Å². The number of carbonyl (C=O) groups is 1. The van der Waals surface area contributed by atoms with Crippen molar-refractivity contribution in [2.75, 3.05) is 48.6 Å². The van der Waals surface area contributed by atoms with Gasteiger partial charge >= 0.3 is 5.97 Å². The standard InChI is InChI=1S/C29H40N2O6/c1-21(2)37-28(32)29(20-30,24-10-12-25(34-5)23(18-24)19-33-4)14-8-15-31(3)16-13-22-9-11-26(35-6)27(17-22)36-7/h9-12,17-18,21H,8,13-16,19H2,1-7H3. The van der Waals surface area contributed by atoms with Crippen molar-refractivity contribution in [1.29, 1.82) is 5.26 Å². The fraction of sp³-hybridized carbons (Fsp3) is 0.517. The molecule has 0 amide bonds. The molecule has 202 valence electrons. The summed E-state index contributed by atoms with van der Waals surface area (Å²) in [5.41, 5.74) is 1.07. The maximum atomic E-state index is 13.3. The van der Waals surface area contributed by atoms with E-state index in [4.69, 9.17) is 23.7 Å². The molecule has 0 N–H and O–H groups in total. The van der Waals surface area contributed by atoms with Crippen LogP contribution in [0.3, 0.4) is 0 Å². The van der Waals surface area contributed by atoms with Crippen molar-refractivity contribution in [1.82, 2.24) is 4.90 Å². The smallest absolute Gasteiger partial charge is 0.331 e. The molecule has 0 aromatic heterocycles. The van der Waals surface area contributed by atoms with Gasteiger partial charge in [-0.1, -0.05) is 12.1 Å². The van der Waals surface area contributed by atoms with E-state index in [1.807, 2.05) is 31.3 Å². The van der Waals surface area contributed by atoms with E-state index in [0.29, 0.717) is 48.8 Å². The van der Waals surface area contributed by atoms with Crippen molar-refractivity contribution in [2.45, 2.75) is 51.2 Å². The van der Waals surface area contributed by atoms with Gasteiger partial charge in [-0.15, -0.1) is 0 Å². The van der Waals surface area contributed by atoms with Crippen LogP contribution < -0.4 is 14.2 Å². The van der Waals surface area contributed by atoms with E-state index in [1.54, 1.807) is 54.4 Å². The molecule has 1 unspecified atom stereocenters. The minimum Gasteiger partial charge on any atom is -0.496 e. The van der Waals surface area contributed by atoms with Gasteiger partial charge in [0.05, 0.1) is 40.1 Å². The van der Waals surface area contributed by atoms with Crippen LogP contribution in [0.4, 0.5) is 0 Å². The highest BCUT2D eigenvalue weighted by Crippen LogP contribution is 2.35. The van der Waals surface area contributed by atoms with Crippen LogP contribution in [0.2, 0.25) is 0 Å². The van der Waals surface area contributed by atoms with Crippen LogP contribution in [-0.2, 0) is 32.7 Å². The predicted molar refractivity (Wildman–Crippen MR) is 142 cm³/mol. The van der Waals surface area contributed by atoms with Crippen LogP contribution in [0.5, 0.6) is 17.2 Å². The van der Waals surface area contributed by atoms with Gasteiger partial charge in [0.15, 0.2) is 16.9 Å². The van der Waals surface area contributed by atoms with E-state index in [1.165, 1.54) is 0 Å². The third kappa shape index (κ3) is 7.85. The van der Waals surface area contributed by atoms with Gasteiger partial charge in [-0.2, -0.15) is 5.26 Å². The molecule has 2 aromatic carbocycles. The number of benzene rings is 2. The molecule has 0 aliphatic carbocycles. The van der Waals surface area contributed by atoms with Gasteiger partial charge in [0.25, 0.3) is 0 Å². The maximum Gasteiger partial charge on any atom is 0.331 e. The zero-order chi connectivity index (χ0) is 27.4. The summed E-state index contributed by atoms with van der Waals surface area (Å²) < 4.78 is 27.0. The number of ether oxygens (including phenoxy) is 5. The molecular formula is C29H40N2O6. The highest BCUT2D eigenvalue weighted by molar-refractivity contribution is 5.87. The SMILES string of the molecule is COCc1cc(C(C#N)(CCCN(C)CCc2ccc(OC)c(OC)c2)C(=O)OC(C)C)ccc1OC. The topological polar surface area (TPSA) is 90.2 Å². The average Bonchev–Trinajstić information content (AvgIpc) is 2.89. The molecule has 0 aliphatic rings. The van der Waals surface area contributed by atoms with Crippen LogP contribution in [0.15, 0.2) is 36.4 Å². The average molecular weight is 513 g/mol. The van der Waals surface area contributed by atoms with Crippen molar-refractivity contribution in [3.05, 3.63) is 53.1 Å². The number of hydrogen-bond acceptors (Lipinski definition) is 8. The Morgan fingerprint density at radius 2 is 1.65 bits per heavy atom. The first kappa shape index (κ1) is 29.9. The summed E-state index contributed by atoms with van der Waals surface area (Å²) in [6, 6.07) is 13.6. The third-order valence-electron chi connectivity index (χ3n) is 6.28. The molecule has 2 aromatic rings. The molecule has 8 heteroatoms. The summed E-state index contributed by atoms with van der Waals surface area (Å²) in [5.74, 6) is 1.52. The molecule has 0 fully saturated rings. The van der Waals surface area contributed by atoms with Crippen molar-refractivity contribution in [2.24, 2.45) is 0 Å². The van der Waals surface area contributed by atoms with Gasteiger partial charge in [0.2, 0.25) is 0 Å². The normalized spacial score (nSPS) is 12.6. The Morgan fingerprint density at radius 3 is 2.24 bits per heavy atom. The van der Waals surface area contributed by atoms with Crippen molar-refractivity contribution < 1.29 is 28.5 Å². The molecule has 2 rings (SSSR count). The summed E-state index contributed by atoms with van der Waals surface area (Å²) in [5, 5.41) is 10.3. The van der Waals surface area contributed by atoms with Crippen LogP contribution in [-0.4, -0.2) is 65.5 Å². The van der Waals surface area contributed by atoms with Crippen LogP contribution in [0.1, 0.15) is 43.4 Å². The first-order valence-corrected chi connectivity index (χ1v) is 12.4. The predicted octanol–water partition coefficient (Wildman–Crippen LogP) is 4.53. The Hall–Kier alpha value is -3.28. The monoisotopic (exact) mass is 512 g/mol. The molecule has 0 heterocycles. The molecule has 0 spiro atoms. The van der Waals surface area contributed by atoms with Gasteiger partial charge in [-0.3, -0.25) is 0 Å². The Morgan fingerprint density at radius 1 is 0.973 bits per heavy atom. The summed E-state index contributed by atoms with van der Waals surface area (Å²) in [6.07, 6.45) is 1.46. The first-order valence-electron chi connectivity index (χ1n) is 12.4. The minimum absolute atomic E-state index is 0.302. The fourth-order valence-electron chi connectivity index (χ4n) is 4.24. The molecule has 1 atom stereocenters. The van der Waals surface area contributed by atoms with E-state index in [9.17, 15) is 10.1 Å². The Balaban J connectivity index is 2.16. The van der Waals surface area contributed by atoms with Crippen LogP contribution in [0, 0.1) is 11.3 Å². The zero-order valence-corrected chi connectivity index (χ0v) is 23.1. The Labute approximate surface area is 221 Å². The Bertz CT molecular complexity index is 1060. The minimum atomic E-state index is -1.43. The van der Waals surface area contributed by atoms with Gasteiger partial charge in [-0.25, -0.2) is 4.79 Å². The van der Waals surface area contributed by atoms with E-state index in [2.05, 4.69) is 11.0 Å². The van der Waals surface area contributed by atoms with Gasteiger partial charge in [-0.05, 0) is 82.1 Å². The molecule has 0 aliphatic heterocycles. The lowest BCUT2D eigenvalue weighted by molar-refractivity contribution is -0.152. The molecule has 0 saturated heterocycles. The summed E-state index contributed by atoms with van der Waals surface area (Å²) >= 11 is 0. The first-order chi connectivity index (χ1) is 17.7. The number of esters is 1. The van der Waals surface area contributed by atoms with Crippen molar-refractivity contribution >= 4 is 5.97 Å². The van der Waals surface area contributed by atoms with E-state index >= 15 is 0 Å². The number of carbonyl (C=O) groups excluding carboxylic acids is 1. The molecule has 8 nitrogen and oxygen atoms in total. The second-order valence-electron chi connectivity index (χ2n) is 9.28. The van der Waals surface area contributed by atoms with Crippen LogP contribution >= 0.6 is 0 Å². The number of methoxy groups -OCH3 is 4. The van der Waals surface area contributed by atoms with Gasteiger partial charge in [0.1, 0.15) is 5.75 Å². The number of nitrogens with zero attached hydrogens (tertiary/aromatic N) is 2. The highest BCUT2D eigenvalue weighted by atomic mass is 16.5. The quantitative estimate of drug-likeness (QED) is 0.322. The van der Waals surface area contributed by atoms with Crippen molar-refractivity contribution in [3.63, 3.8) is 0 Å². The summed E-state index contributed by atoms with van der Waals surface area (Å²) in [6.45, 7) is 5.40. The number of hydrogen-bond donors (Lipinski definition) is 0. The van der Waals surface area contributed by atoms with Crippen LogP contribution in [0.25, 0.3) is 0 Å². The molecule has 0 saturated carbocycles. The largest absolute Gasteiger partial charge is 0.496 e. The van der Waals surface area contributed by atoms with Gasteiger partial charge < -0.3 is 28.6 Å². The second-order valence-corrected chi connectivity index (χ2v) is 9.28. The fourth-order valence-corrected chi connectivity index (χ4v) is 4.24. The number of likely N-dealkylation sites (N-methyl/N-ethyl adjacent to an activating group) is 1. The Kier molecular flexibility index (Phi) is 11.7. The highest BCUT2D eigenvalue weighted by Gasteiger charge is 2.43. The molecule has 0 radical (unpaired) electrons. The maximum absolute atomic E-state index is 13.3. The molecule has 0 bridgehead atoms.